The molecule has 1 saturated heterocycles. The number of benzene rings is 1. The molecule has 1 aliphatic heterocycles. The molecule has 1 aromatic rings. The highest BCUT2D eigenvalue weighted by Crippen LogP contribution is 2.17. The first-order valence-electron chi connectivity index (χ1n) is 6.90. The van der Waals surface area contributed by atoms with Crippen LogP contribution in [-0.4, -0.2) is 31.4 Å². The zero-order chi connectivity index (χ0) is 12.6. The molecule has 0 spiro atoms. The SMILES string of the molecule is CCOCOc1cccc(CN2CCCCC2)c1. The molecule has 3 nitrogen and oxygen atoms in total. The van der Waals surface area contributed by atoms with Gasteiger partial charge >= 0.3 is 0 Å². The van der Waals surface area contributed by atoms with E-state index >= 15 is 0 Å². The first-order chi connectivity index (χ1) is 8.88. The van der Waals surface area contributed by atoms with Crippen LogP contribution in [0.1, 0.15) is 31.7 Å². The molecule has 0 aromatic heterocycles. The summed E-state index contributed by atoms with van der Waals surface area (Å²) in [6, 6.07) is 8.33. The summed E-state index contributed by atoms with van der Waals surface area (Å²) in [6.45, 7) is 6.48. The highest BCUT2D eigenvalue weighted by atomic mass is 16.7. The van der Waals surface area contributed by atoms with Gasteiger partial charge in [0.15, 0.2) is 6.79 Å². The first kappa shape index (κ1) is 13.4. The van der Waals surface area contributed by atoms with Gasteiger partial charge in [0.1, 0.15) is 5.75 Å². The van der Waals surface area contributed by atoms with Crippen molar-refractivity contribution in [1.82, 2.24) is 4.90 Å². The third kappa shape index (κ3) is 4.31. The number of piperidine rings is 1. The fraction of sp³-hybridized carbons (Fsp3) is 0.600. The quantitative estimate of drug-likeness (QED) is 0.571. The average Bonchev–Trinajstić information content (AvgIpc) is 2.41. The predicted molar refractivity (Wildman–Crippen MR) is 72.7 cm³/mol. The Morgan fingerprint density at radius 3 is 2.78 bits per heavy atom. The number of hydrogen-bond acceptors (Lipinski definition) is 3. The molecular formula is C15H23NO2. The predicted octanol–water partition coefficient (Wildman–Crippen LogP) is 3.05. The number of hydrogen-bond donors (Lipinski definition) is 0. The standard InChI is InChI=1S/C15H23NO2/c1-2-17-13-18-15-8-6-7-14(11-15)12-16-9-4-3-5-10-16/h6-8,11H,2-5,9-10,12-13H2,1H3. The van der Waals surface area contributed by atoms with Crippen molar-refractivity contribution in [2.45, 2.75) is 32.7 Å². The van der Waals surface area contributed by atoms with Crippen molar-refractivity contribution in [2.75, 3.05) is 26.5 Å². The Morgan fingerprint density at radius 1 is 1.17 bits per heavy atom. The van der Waals surface area contributed by atoms with Gasteiger partial charge < -0.3 is 9.47 Å². The van der Waals surface area contributed by atoms with E-state index in [2.05, 4.69) is 23.1 Å². The number of ether oxygens (including phenoxy) is 2. The topological polar surface area (TPSA) is 21.7 Å². The minimum absolute atomic E-state index is 0.337. The summed E-state index contributed by atoms with van der Waals surface area (Å²) in [6.07, 6.45) is 4.05. The Balaban J connectivity index is 1.85. The van der Waals surface area contributed by atoms with E-state index in [0.717, 1.165) is 12.3 Å². The minimum Gasteiger partial charge on any atom is -0.468 e. The maximum atomic E-state index is 5.54. The fourth-order valence-electron chi connectivity index (χ4n) is 2.30. The summed E-state index contributed by atoms with van der Waals surface area (Å²) in [5, 5.41) is 0. The molecule has 0 bridgehead atoms. The van der Waals surface area contributed by atoms with Crippen LogP contribution in [-0.2, 0) is 11.3 Å². The van der Waals surface area contributed by atoms with Crippen molar-refractivity contribution >= 4 is 0 Å². The van der Waals surface area contributed by atoms with Gasteiger partial charge in [0.05, 0.1) is 0 Å². The second kappa shape index (κ2) is 7.39. The van der Waals surface area contributed by atoms with Crippen LogP contribution >= 0.6 is 0 Å². The number of nitrogens with zero attached hydrogens (tertiary/aromatic N) is 1. The lowest BCUT2D eigenvalue weighted by molar-refractivity contribution is 0.0223. The molecule has 1 aliphatic rings. The van der Waals surface area contributed by atoms with Gasteiger partial charge in [0.25, 0.3) is 0 Å². The lowest BCUT2D eigenvalue weighted by Gasteiger charge is -2.26. The Hall–Kier alpha value is -1.06. The van der Waals surface area contributed by atoms with E-state index in [4.69, 9.17) is 9.47 Å². The van der Waals surface area contributed by atoms with E-state index in [1.54, 1.807) is 0 Å². The van der Waals surface area contributed by atoms with Crippen LogP contribution in [0.2, 0.25) is 0 Å². The van der Waals surface area contributed by atoms with Gasteiger partial charge in [-0.15, -0.1) is 0 Å². The molecule has 0 N–H and O–H groups in total. The van der Waals surface area contributed by atoms with Crippen molar-refractivity contribution in [3.05, 3.63) is 29.8 Å². The van der Waals surface area contributed by atoms with E-state index in [1.807, 2.05) is 13.0 Å². The van der Waals surface area contributed by atoms with Gasteiger partial charge in [0, 0.05) is 13.2 Å². The molecule has 0 unspecified atom stereocenters. The fourth-order valence-corrected chi connectivity index (χ4v) is 2.30. The lowest BCUT2D eigenvalue weighted by atomic mass is 10.1. The largest absolute Gasteiger partial charge is 0.468 e. The molecule has 1 heterocycles. The van der Waals surface area contributed by atoms with Gasteiger partial charge in [-0.1, -0.05) is 18.6 Å². The smallest absolute Gasteiger partial charge is 0.189 e. The van der Waals surface area contributed by atoms with Crippen LogP contribution < -0.4 is 4.74 Å². The molecule has 3 heteroatoms. The van der Waals surface area contributed by atoms with Crippen LogP contribution in [0.25, 0.3) is 0 Å². The number of rotatable bonds is 6. The summed E-state index contributed by atoms with van der Waals surface area (Å²) >= 11 is 0. The second-order valence-corrected chi connectivity index (χ2v) is 4.74. The molecule has 1 fully saturated rings. The van der Waals surface area contributed by atoms with E-state index in [9.17, 15) is 0 Å². The van der Waals surface area contributed by atoms with Crippen molar-refractivity contribution in [3.63, 3.8) is 0 Å². The molecule has 0 saturated carbocycles. The Labute approximate surface area is 110 Å². The van der Waals surface area contributed by atoms with Gasteiger partial charge in [-0.25, -0.2) is 0 Å². The van der Waals surface area contributed by atoms with E-state index in [1.165, 1.54) is 37.9 Å². The van der Waals surface area contributed by atoms with Crippen LogP contribution in [0, 0.1) is 0 Å². The zero-order valence-corrected chi connectivity index (χ0v) is 11.2. The van der Waals surface area contributed by atoms with Crippen LogP contribution in [0.5, 0.6) is 5.75 Å². The average molecular weight is 249 g/mol. The molecular weight excluding hydrogens is 226 g/mol. The number of likely N-dealkylation sites (tertiary alicyclic amines) is 1. The summed E-state index contributed by atoms with van der Waals surface area (Å²) in [5.41, 5.74) is 1.32. The first-order valence-corrected chi connectivity index (χ1v) is 6.90. The maximum absolute atomic E-state index is 5.54. The van der Waals surface area contributed by atoms with Crippen LogP contribution in [0.4, 0.5) is 0 Å². The second-order valence-electron chi connectivity index (χ2n) is 4.74. The third-order valence-corrected chi connectivity index (χ3v) is 3.27. The van der Waals surface area contributed by atoms with Crippen molar-refractivity contribution in [2.24, 2.45) is 0 Å². The molecule has 0 amide bonds. The summed E-state index contributed by atoms with van der Waals surface area (Å²) in [4.78, 5) is 2.52. The van der Waals surface area contributed by atoms with Gasteiger partial charge in [-0.3, -0.25) is 4.90 Å². The highest BCUT2D eigenvalue weighted by Gasteiger charge is 2.10. The van der Waals surface area contributed by atoms with Crippen LogP contribution in [0.15, 0.2) is 24.3 Å². The lowest BCUT2D eigenvalue weighted by Crippen LogP contribution is -2.29. The van der Waals surface area contributed by atoms with Gasteiger partial charge in [-0.05, 0) is 50.6 Å². The Morgan fingerprint density at radius 2 is 2.00 bits per heavy atom. The van der Waals surface area contributed by atoms with Crippen LogP contribution in [0.3, 0.4) is 0 Å². The highest BCUT2D eigenvalue weighted by molar-refractivity contribution is 5.28. The molecule has 2 rings (SSSR count). The van der Waals surface area contributed by atoms with Crippen molar-refractivity contribution in [3.8, 4) is 5.75 Å². The summed E-state index contributed by atoms with van der Waals surface area (Å²) < 4.78 is 10.7. The molecule has 1 aromatic carbocycles. The van der Waals surface area contributed by atoms with Gasteiger partial charge in [0.2, 0.25) is 0 Å². The van der Waals surface area contributed by atoms with E-state index < -0.39 is 0 Å². The minimum atomic E-state index is 0.337. The van der Waals surface area contributed by atoms with Crippen molar-refractivity contribution in [1.29, 1.82) is 0 Å². The molecule has 0 atom stereocenters. The monoisotopic (exact) mass is 249 g/mol. The molecule has 100 valence electrons. The van der Waals surface area contributed by atoms with Crippen molar-refractivity contribution < 1.29 is 9.47 Å². The van der Waals surface area contributed by atoms with Gasteiger partial charge in [-0.2, -0.15) is 0 Å². The Kier molecular flexibility index (Phi) is 5.49. The van der Waals surface area contributed by atoms with E-state index in [-0.39, 0.29) is 0 Å². The Bertz CT molecular complexity index is 348. The van der Waals surface area contributed by atoms with E-state index in [0.29, 0.717) is 13.4 Å². The zero-order valence-electron chi connectivity index (χ0n) is 11.2. The normalized spacial score (nSPS) is 16.7. The summed E-state index contributed by atoms with van der Waals surface area (Å²) in [5.74, 6) is 0.901. The maximum Gasteiger partial charge on any atom is 0.189 e. The molecule has 0 radical (unpaired) electrons. The molecule has 0 aliphatic carbocycles. The molecule has 18 heavy (non-hydrogen) atoms. The third-order valence-electron chi connectivity index (χ3n) is 3.27. The summed E-state index contributed by atoms with van der Waals surface area (Å²) in [7, 11) is 0.